The van der Waals surface area contributed by atoms with Gasteiger partial charge in [-0.25, -0.2) is 4.98 Å². The number of carbonyl (C=O) groups is 1. The average Bonchev–Trinajstić information content (AvgIpc) is 3.36. The molecule has 5 nitrogen and oxygen atoms in total. The van der Waals surface area contributed by atoms with Gasteiger partial charge in [0.2, 0.25) is 5.13 Å². The van der Waals surface area contributed by atoms with Crippen molar-refractivity contribution in [1.82, 2.24) is 4.98 Å². The van der Waals surface area contributed by atoms with E-state index >= 15 is 0 Å². The standard InChI is InChI=1S/C22H17N3O2S2/c1-2-13-27-18-10-8-16(9-11-18)15-19-20(26)25(17-6-4-3-5-7-17)22(29-19)24-21-23-12-14-28-21/h2-12,14-15H,1,13H2/b19-15-,24-22+. The molecule has 0 spiro atoms. The first-order chi connectivity index (χ1) is 14.2. The van der Waals surface area contributed by atoms with E-state index in [0.717, 1.165) is 17.0 Å². The maximum Gasteiger partial charge on any atom is 0.271 e. The van der Waals surface area contributed by atoms with Crippen LogP contribution in [-0.4, -0.2) is 22.7 Å². The molecule has 2 heterocycles. The molecule has 1 aliphatic rings. The fourth-order valence-corrected chi connectivity index (χ4v) is 4.22. The van der Waals surface area contributed by atoms with Gasteiger partial charge in [0.15, 0.2) is 5.17 Å². The van der Waals surface area contributed by atoms with Crippen molar-refractivity contribution < 1.29 is 9.53 Å². The third-order valence-corrected chi connectivity index (χ3v) is 5.61. The van der Waals surface area contributed by atoms with Crippen LogP contribution in [-0.2, 0) is 4.79 Å². The molecule has 0 atom stereocenters. The second kappa shape index (κ2) is 8.89. The number of thiazole rings is 1. The van der Waals surface area contributed by atoms with E-state index in [0.29, 0.717) is 21.8 Å². The summed E-state index contributed by atoms with van der Waals surface area (Å²) in [6, 6.07) is 17.1. The summed E-state index contributed by atoms with van der Waals surface area (Å²) in [6.07, 6.45) is 5.26. The zero-order chi connectivity index (χ0) is 20.1. The summed E-state index contributed by atoms with van der Waals surface area (Å²) in [5.41, 5.74) is 1.69. The van der Waals surface area contributed by atoms with Crippen LogP contribution in [0.5, 0.6) is 5.75 Å². The van der Waals surface area contributed by atoms with E-state index in [1.807, 2.05) is 66.1 Å². The molecular formula is C22H17N3O2S2. The number of hydrogen-bond donors (Lipinski definition) is 0. The molecule has 29 heavy (non-hydrogen) atoms. The first kappa shape index (κ1) is 19.2. The highest BCUT2D eigenvalue weighted by Crippen LogP contribution is 2.37. The second-order valence-corrected chi connectivity index (χ2v) is 7.85. The maximum absolute atomic E-state index is 13.2. The number of benzene rings is 2. The van der Waals surface area contributed by atoms with Gasteiger partial charge in [0.25, 0.3) is 5.91 Å². The molecule has 1 amide bonds. The number of carbonyl (C=O) groups excluding carboxylic acids is 1. The highest BCUT2D eigenvalue weighted by atomic mass is 32.2. The van der Waals surface area contributed by atoms with Gasteiger partial charge in [0.05, 0.1) is 10.6 Å². The van der Waals surface area contributed by atoms with Crippen molar-refractivity contribution >= 4 is 51.1 Å². The van der Waals surface area contributed by atoms with Crippen molar-refractivity contribution in [2.75, 3.05) is 11.5 Å². The van der Waals surface area contributed by atoms with Crippen LogP contribution in [0.2, 0.25) is 0 Å². The summed E-state index contributed by atoms with van der Waals surface area (Å²) in [7, 11) is 0. The van der Waals surface area contributed by atoms with E-state index in [9.17, 15) is 4.79 Å². The smallest absolute Gasteiger partial charge is 0.271 e. The Morgan fingerprint density at radius 2 is 1.93 bits per heavy atom. The quantitative estimate of drug-likeness (QED) is 0.390. The van der Waals surface area contributed by atoms with Gasteiger partial charge in [-0.05, 0) is 47.7 Å². The number of ether oxygens (including phenoxy) is 1. The Balaban J connectivity index is 1.65. The molecule has 1 aliphatic heterocycles. The Labute approximate surface area is 177 Å². The van der Waals surface area contributed by atoms with E-state index in [1.54, 1.807) is 17.2 Å². The van der Waals surface area contributed by atoms with Gasteiger partial charge in [0, 0.05) is 11.6 Å². The van der Waals surface area contributed by atoms with Crippen molar-refractivity contribution in [3.8, 4) is 5.75 Å². The summed E-state index contributed by atoms with van der Waals surface area (Å²) >= 11 is 2.77. The van der Waals surface area contributed by atoms with Crippen molar-refractivity contribution in [2.24, 2.45) is 4.99 Å². The van der Waals surface area contributed by atoms with Gasteiger partial charge in [-0.3, -0.25) is 9.69 Å². The van der Waals surface area contributed by atoms with Gasteiger partial charge in [-0.2, -0.15) is 4.99 Å². The Morgan fingerprint density at radius 1 is 1.14 bits per heavy atom. The molecule has 0 aliphatic carbocycles. The van der Waals surface area contributed by atoms with Gasteiger partial charge < -0.3 is 4.74 Å². The van der Waals surface area contributed by atoms with E-state index in [4.69, 9.17) is 4.74 Å². The number of anilines is 1. The number of hydrogen-bond acceptors (Lipinski definition) is 6. The first-order valence-electron chi connectivity index (χ1n) is 8.85. The monoisotopic (exact) mass is 419 g/mol. The molecule has 1 fully saturated rings. The number of thioether (sulfide) groups is 1. The van der Waals surface area contributed by atoms with Gasteiger partial charge in [-0.15, -0.1) is 11.3 Å². The fourth-order valence-electron chi connectivity index (χ4n) is 2.67. The minimum atomic E-state index is -0.108. The zero-order valence-corrected chi connectivity index (χ0v) is 17.0. The molecule has 0 bridgehead atoms. The summed E-state index contributed by atoms with van der Waals surface area (Å²) in [4.78, 5) is 24.2. The predicted octanol–water partition coefficient (Wildman–Crippen LogP) is 5.52. The normalized spacial score (nSPS) is 16.6. The number of amidine groups is 1. The Hall–Kier alpha value is -3.16. The van der Waals surface area contributed by atoms with Gasteiger partial charge in [0.1, 0.15) is 12.4 Å². The highest BCUT2D eigenvalue weighted by Gasteiger charge is 2.34. The molecule has 0 unspecified atom stereocenters. The third kappa shape index (κ3) is 4.47. The number of aliphatic imine (C=N–C) groups is 1. The van der Waals surface area contributed by atoms with Crippen LogP contribution in [0, 0.1) is 0 Å². The Morgan fingerprint density at radius 3 is 2.62 bits per heavy atom. The maximum atomic E-state index is 13.2. The molecule has 3 aromatic rings. The van der Waals surface area contributed by atoms with E-state index < -0.39 is 0 Å². The lowest BCUT2D eigenvalue weighted by Gasteiger charge is -2.14. The Kier molecular flexibility index (Phi) is 5.88. The summed E-state index contributed by atoms with van der Waals surface area (Å²) in [5.74, 6) is 0.651. The van der Waals surface area contributed by atoms with Crippen molar-refractivity contribution in [2.45, 2.75) is 0 Å². The van der Waals surface area contributed by atoms with Crippen LogP contribution in [0.3, 0.4) is 0 Å². The van der Waals surface area contributed by atoms with Crippen molar-refractivity contribution in [3.63, 3.8) is 0 Å². The van der Waals surface area contributed by atoms with Crippen LogP contribution in [0.25, 0.3) is 6.08 Å². The van der Waals surface area contributed by atoms with Crippen LogP contribution >= 0.6 is 23.1 Å². The highest BCUT2D eigenvalue weighted by molar-refractivity contribution is 8.19. The summed E-state index contributed by atoms with van der Waals surface area (Å²) in [5, 5.41) is 3.07. The molecular weight excluding hydrogens is 402 g/mol. The second-order valence-electron chi connectivity index (χ2n) is 5.96. The van der Waals surface area contributed by atoms with Crippen LogP contribution in [0.4, 0.5) is 10.8 Å². The third-order valence-electron chi connectivity index (χ3n) is 3.98. The zero-order valence-electron chi connectivity index (χ0n) is 15.4. The molecule has 2 aromatic carbocycles. The lowest BCUT2D eigenvalue weighted by Crippen LogP contribution is -2.28. The SMILES string of the molecule is C=CCOc1ccc(/C=C2\S/C(=N/c3nccs3)N(c3ccccc3)C2=O)cc1. The molecule has 1 aromatic heterocycles. The van der Waals surface area contributed by atoms with Crippen LogP contribution in [0.1, 0.15) is 5.56 Å². The summed E-state index contributed by atoms with van der Waals surface area (Å²) in [6.45, 7) is 4.10. The predicted molar refractivity (Wildman–Crippen MR) is 121 cm³/mol. The molecule has 0 N–H and O–H groups in total. The molecule has 0 saturated carbocycles. The minimum absolute atomic E-state index is 0.108. The largest absolute Gasteiger partial charge is 0.490 e. The molecule has 7 heteroatoms. The lowest BCUT2D eigenvalue weighted by atomic mass is 10.2. The van der Waals surface area contributed by atoms with Crippen molar-refractivity contribution in [3.05, 3.63) is 89.3 Å². The molecule has 4 rings (SSSR count). The Bertz CT molecular complexity index is 1060. The first-order valence-corrected chi connectivity index (χ1v) is 10.6. The number of nitrogens with zero attached hydrogens (tertiary/aromatic N) is 3. The number of para-hydroxylation sites is 1. The van der Waals surface area contributed by atoms with Gasteiger partial charge >= 0.3 is 0 Å². The number of rotatable bonds is 6. The molecule has 144 valence electrons. The van der Waals surface area contributed by atoms with E-state index in [2.05, 4.69) is 16.6 Å². The minimum Gasteiger partial charge on any atom is -0.490 e. The number of aromatic nitrogens is 1. The van der Waals surface area contributed by atoms with Crippen molar-refractivity contribution in [1.29, 1.82) is 0 Å². The van der Waals surface area contributed by atoms with E-state index in [-0.39, 0.29) is 5.91 Å². The van der Waals surface area contributed by atoms with Crippen LogP contribution in [0.15, 0.2) is 88.7 Å². The average molecular weight is 420 g/mol. The summed E-state index contributed by atoms with van der Waals surface area (Å²) < 4.78 is 5.51. The number of amides is 1. The molecule has 1 saturated heterocycles. The van der Waals surface area contributed by atoms with Gasteiger partial charge in [-0.1, -0.05) is 43.0 Å². The topological polar surface area (TPSA) is 54.8 Å². The van der Waals surface area contributed by atoms with Crippen LogP contribution < -0.4 is 9.64 Å². The fraction of sp³-hybridized carbons (Fsp3) is 0.0455. The van der Waals surface area contributed by atoms with E-state index in [1.165, 1.54) is 23.1 Å². The lowest BCUT2D eigenvalue weighted by molar-refractivity contribution is -0.113. The molecule has 0 radical (unpaired) electrons.